The molecule has 7 nitrogen and oxygen atoms in total. The van der Waals surface area contributed by atoms with Crippen LogP contribution in [0.25, 0.3) is 5.69 Å². The molecule has 0 fully saturated rings. The molecule has 0 amide bonds. The first-order valence-corrected chi connectivity index (χ1v) is 10.0. The summed E-state index contributed by atoms with van der Waals surface area (Å²) in [5, 5.41) is 4.44. The minimum absolute atomic E-state index is 0.0360. The molecule has 1 aliphatic heterocycles. The van der Waals surface area contributed by atoms with Crippen molar-refractivity contribution in [3.63, 3.8) is 0 Å². The second-order valence-electron chi connectivity index (χ2n) is 7.56. The summed E-state index contributed by atoms with van der Waals surface area (Å²) in [5.74, 6) is 1.48. The summed E-state index contributed by atoms with van der Waals surface area (Å²) in [7, 11) is 1.63. The number of ether oxygens (including phenoxy) is 1. The summed E-state index contributed by atoms with van der Waals surface area (Å²) >= 11 is 0. The van der Waals surface area contributed by atoms with Crippen LogP contribution in [0.4, 0.5) is 0 Å². The van der Waals surface area contributed by atoms with E-state index in [2.05, 4.69) is 5.10 Å². The maximum absolute atomic E-state index is 13.0. The number of methoxy groups -OCH3 is 1. The van der Waals surface area contributed by atoms with Crippen molar-refractivity contribution in [1.29, 1.82) is 0 Å². The number of hydrogen-bond acceptors (Lipinski definition) is 4. The Balaban J connectivity index is 1.62. The number of rotatable bonds is 5. The van der Waals surface area contributed by atoms with Gasteiger partial charge in [-0.1, -0.05) is 6.42 Å². The van der Waals surface area contributed by atoms with E-state index in [0.29, 0.717) is 12.1 Å². The van der Waals surface area contributed by atoms with Crippen LogP contribution >= 0.6 is 0 Å². The van der Waals surface area contributed by atoms with E-state index in [9.17, 15) is 9.59 Å². The monoisotopic (exact) mass is 394 g/mol. The molecule has 3 aromatic rings. The summed E-state index contributed by atoms with van der Waals surface area (Å²) in [6.45, 7) is 4.55. The minimum Gasteiger partial charge on any atom is -0.497 e. The highest BCUT2D eigenvalue weighted by atomic mass is 16.5. The van der Waals surface area contributed by atoms with Gasteiger partial charge in [0.05, 0.1) is 7.11 Å². The number of fused-ring (bicyclic) bond motifs is 1. The minimum atomic E-state index is -0.181. The Morgan fingerprint density at radius 2 is 1.90 bits per heavy atom. The van der Waals surface area contributed by atoms with Crippen LogP contribution in [0.1, 0.15) is 46.8 Å². The average Bonchev–Trinajstić information content (AvgIpc) is 3.05. The van der Waals surface area contributed by atoms with Crippen LogP contribution in [0.3, 0.4) is 0 Å². The SMILES string of the molecule is COc1ccc(-n2c(C)cc(C(=O)Cn3nc4n(c3=O)CCCCC4)c2C)cc1. The zero-order chi connectivity index (χ0) is 20.5. The van der Waals surface area contributed by atoms with Crippen molar-refractivity contribution in [3.05, 3.63) is 63.6 Å². The standard InChI is InChI=1S/C22H26N4O3/c1-15-13-19(16(2)26(15)17-8-10-18(29-3)11-9-17)20(27)14-25-22(28)24-12-6-4-5-7-21(24)23-25/h8-11,13H,4-7,12,14H2,1-3H3. The Kier molecular flexibility index (Phi) is 5.13. The third-order valence-electron chi connectivity index (χ3n) is 5.64. The van der Waals surface area contributed by atoms with Crippen molar-refractivity contribution in [1.82, 2.24) is 18.9 Å². The van der Waals surface area contributed by atoms with E-state index < -0.39 is 0 Å². The highest BCUT2D eigenvalue weighted by Gasteiger charge is 2.21. The fraction of sp³-hybridized carbons (Fsp3) is 0.409. The molecule has 0 bridgehead atoms. The Morgan fingerprint density at radius 3 is 2.62 bits per heavy atom. The lowest BCUT2D eigenvalue weighted by Crippen LogP contribution is -2.28. The second kappa shape index (κ2) is 7.73. The number of hydrogen-bond donors (Lipinski definition) is 0. The number of carbonyl (C=O) groups excluding carboxylic acids is 1. The van der Waals surface area contributed by atoms with Crippen molar-refractivity contribution in [2.75, 3.05) is 7.11 Å². The Bertz CT molecular complexity index is 1100. The Morgan fingerprint density at radius 1 is 1.14 bits per heavy atom. The van der Waals surface area contributed by atoms with Gasteiger partial charge in [-0.3, -0.25) is 9.36 Å². The first-order valence-electron chi connectivity index (χ1n) is 10.0. The molecule has 7 heteroatoms. The summed E-state index contributed by atoms with van der Waals surface area (Å²) in [5.41, 5.74) is 3.22. The normalized spacial score (nSPS) is 13.8. The molecule has 1 aliphatic rings. The van der Waals surface area contributed by atoms with Gasteiger partial charge in [-0.2, -0.15) is 5.10 Å². The first kappa shape index (κ1) is 19.2. The van der Waals surface area contributed by atoms with Crippen molar-refractivity contribution >= 4 is 5.78 Å². The zero-order valence-corrected chi connectivity index (χ0v) is 17.1. The number of nitrogens with zero attached hydrogens (tertiary/aromatic N) is 4. The molecule has 2 aromatic heterocycles. The molecule has 3 heterocycles. The molecule has 0 aliphatic carbocycles. The molecule has 1 aromatic carbocycles. The highest BCUT2D eigenvalue weighted by Crippen LogP contribution is 2.23. The Hall–Kier alpha value is -3.09. The maximum atomic E-state index is 13.0. The molecule has 4 rings (SSSR count). The third kappa shape index (κ3) is 3.52. The van der Waals surface area contributed by atoms with Crippen LogP contribution in [-0.4, -0.2) is 31.8 Å². The topological polar surface area (TPSA) is 71.0 Å². The van der Waals surface area contributed by atoms with Gasteiger partial charge < -0.3 is 9.30 Å². The van der Waals surface area contributed by atoms with Gasteiger partial charge in [-0.05, 0) is 57.0 Å². The molecule has 0 unspecified atom stereocenters. The largest absolute Gasteiger partial charge is 0.497 e. The maximum Gasteiger partial charge on any atom is 0.346 e. The molecule has 0 spiro atoms. The lowest BCUT2D eigenvalue weighted by Gasteiger charge is -2.10. The number of carbonyl (C=O) groups is 1. The van der Waals surface area contributed by atoms with Gasteiger partial charge in [0, 0.05) is 35.6 Å². The summed E-state index contributed by atoms with van der Waals surface area (Å²) < 4.78 is 10.3. The summed E-state index contributed by atoms with van der Waals surface area (Å²) in [6.07, 6.45) is 3.92. The van der Waals surface area contributed by atoms with E-state index in [4.69, 9.17) is 4.74 Å². The van der Waals surface area contributed by atoms with E-state index >= 15 is 0 Å². The molecule has 29 heavy (non-hydrogen) atoms. The second-order valence-corrected chi connectivity index (χ2v) is 7.56. The molecule has 0 N–H and O–H groups in total. The van der Waals surface area contributed by atoms with Gasteiger partial charge in [0.15, 0.2) is 5.78 Å². The summed E-state index contributed by atoms with van der Waals surface area (Å²) in [6, 6.07) is 9.60. The molecular formula is C22H26N4O3. The van der Waals surface area contributed by atoms with E-state index in [1.165, 1.54) is 4.68 Å². The highest BCUT2D eigenvalue weighted by molar-refractivity contribution is 5.97. The van der Waals surface area contributed by atoms with E-state index in [0.717, 1.165) is 54.3 Å². The Labute approximate surface area is 169 Å². The zero-order valence-electron chi connectivity index (χ0n) is 17.1. The van der Waals surface area contributed by atoms with Crippen LogP contribution in [0, 0.1) is 13.8 Å². The molecule has 152 valence electrons. The van der Waals surface area contributed by atoms with Gasteiger partial charge >= 0.3 is 5.69 Å². The molecule has 0 atom stereocenters. The van der Waals surface area contributed by atoms with Gasteiger partial charge in [0.2, 0.25) is 0 Å². The van der Waals surface area contributed by atoms with Crippen molar-refractivity contribution in [2.24, 2.45) is 0 Å². The first-order chi connectivity index (χ1) is 14.0. The van der Waals surface area contributed by atoms with Crippen molar-refractivity contribution < 1.29 is 9.53 Å². The number of benzene rings is 1. The van der Waals surface area contributed by atoms with E-state index in [-0.39, 0.29) is 18.0 Å². The van der Waals surface area contributed by atoms with Crippen molar-refractivity contribution in [2.45, 2.75) is 52.6 Å². The van der Waals surface area contributed by atoms with Gasteiger partial charge in [-0.15, -0.1) is 0 Å². The molecule has 0 radical (unpaired) electrons. The smallest absolute Gasteiger partial charge is 0.346 e. The van der Waals surface area contributed by atoms with Gasteiger partial charge in [0.1, 0.15) is 18.1 Å². The third-order valence-corrected chi connectivity index (χ3v) is 5.64. The van der Waals surface area contributed by atoms with Crippen molar-refractivity contribution in [3.8, 4) is 11.4 Å². The van der Waals surface area contributed by atoms with Gasteiger partial charge in [-0.25, -0.2) is 9.48 Å². The fourth-order valence-corrected chi connectivity index (χ4v) is 4.12. The molecule has 0 saturated heterocycles. The van der Waals surface area contributed by atoms with Crippen LogP contribution in [0.15, 0.2) is 35.1 Å². The van der Waals surface area contributed by atoms with Crippen LogP contribution in [0.2, 0.25) is 0 Å². The molecular weight excluding hydrogens is 368 g/mol. The number of aryl methyl sites for hydroxylation is 2. The number of Topliss-reactive ketones (excluding diaryl/α,β-unsaturated/α-hetero) is 1. The van der Waals surface area contributed by atoms with Gasteiger partial charge in [0.25, 0.3) is 0 Å². The average molecular weight is 394 g/mol. The predicted octanol–water partition coefficient (Wildman–Crippen LogP) is 3.07. The lowest BCUT2D eigenvalue weighted by molar-refractivity contribution is 0.0965. The van der Waals surface area contributed by atoms with Crippen LogP contribution < -0.4 is 10.4 Å². The number of aromatic nitrogens is 4. The lowest BCUT2D eigenvalue weighted by atomic mass is 10.1. The van der Waals surface area contributed by atoms with E-state index in [1.807, 2.05) is 48.7 Å². The van der Waals surface area contributed by atoms with Crippen LogP contribution in [-0.2, 0) is 19.5 Å². The molecule has 0 saturated carbocycles. The quantitative estimate of drug-likeness (QED) is 0.624. The van der Waals surface area contributed by atoms with Crippen LogP contribution in [0.5, 0.6) is 5.75 Å². The number of ketones is 1. The van der Waals surface area contributed by atoms with E-state index in [1.54, 1.807) is 11.7 Å². The summed E-state index contributed by atoms with van der Waals surface area (Å²) in [4.78, 5) is 25.7. The predicted molar refractivity (Wildman–Crippen MR) is 110 cm³/mol. The fourth-order valence-electron chi connectivity index (χ4n) is 4.12.